The van der Waals surface area contributed by atoms with Crippen LogP contribution in [0, 0.1) is 5.92 Å². The summed E-state index contributed by atoms with van der Waals surface area (Å²) in [6.07, 6.45) is 1.70. The van der Waals surface area contributed by atoms with Gasteiger partial charge in [-0.3, -0.25) is 9.69 Å². The maximum absolute atomic E-state index is 11.1. The number of primary amides is 1. The normalized spacial score (nSPS) is 20.8. The van der Waals surface area contributed by atoms with Gasteiger partial charge in [0.15, 0.2) is 11.5 Å². The number of likely N-dealkylation sites (tertiary alicyclic amines) is 1. The zero-order chi connectivity index (χ0) is 13.1. The summed E-state index contributed by atoms with van der Waals surface area (Å²) in [6, 6.07) is 1.40. The molecule has 0 radical (unpaired) electrons. The van der Waals surface area contributed by atoms with Crippen LogP contribution in [0.4, 0.5) is 0 Å². The van der Waals surface area contributed by atoms with E-state index in [0.717, 1.165) is 19.4 Å². The first-order valence-corrected chi connectivity index (χ1v) is 5.77. The van der Waals surface area contributed by atoms with Crippen molar-refractivity contribution in [2.75, 3.05) is 13.1 Å². The highest BCUT2D eigenvalue weighted by molar-refractivity contribution is 5.85. The van der Waals surface area contributed by atoms with Gasteiger partial charge in [-0.05, 0) is 19.4 Å². The molecule has 1 atom stereocenters. The standard InChI is InChI=1S/C11H15N3O4/c12-10(15)7-2-1-3-14(5-7)6-8-4-9(11(16)17)13-18-8/h4,7H,1-3,5-6H2,(H2,12,15)(H,16,17). The van der Waals surface area contributed by atoms with E-state index in [4.69, 9.17) is 15.4 Å². The second-order valence-electron chi connectivity index (χ2n) is 4.46. The summed E-state index contributed by atoms with van der Waals surface area (Å²) in [7, 11) is 0. The van der Waals surface area contributed by atoms with Crippen LogP contribution in [0.1, 0.15) is 29.1 Å². The first-order chi connectivity index (χ1) is 8.56. The summed E-state index contributed by atoms with van der Waals surface area (Å²) in [4.78, 5) is 23.8. The van der Waals surface area contributed by atoms with Crippen LogP contribution < -0.4 is 5.73 Å². The van der Waals surface area contributed by atoms with Crippen molar-refractivity contribution in [2.24, 2.45) is 11.7 Å². The number of nitrogens with two attached hydrogens (primary N) is 1. The molecule has 1 amide bonds. The van der Waals surface area contributed by atoms with E-state index < -0.39 is 5.97 Å². The third-order valence-corrected chi connectivity index (χ3v) is 3.07. The molecule has 7 heteroatoms. The average Bonchev–Trinajstić information content (AvgIpc) is 2.78. The van der Waals surface area contributed by atoms with Crippen LogP contribution in [0.5, 0.6) is 0 Å². The summed E-state index contributed by atoms with van der Waals surface area (Å²) >= 11 is 0. The average molecular weight is 253 g/mol. The van der Waals surface area contributed by atoms with Gasteiger partial charge in [0, 0.05) is 12.6 Å². The van der Waals surface area contributed by atoms with Crippen molar-refractivity contribution in [3.63, 3.8) is 0 Å². The zero-order valence-corrected chi connectivity index (χ0v) is 9.83. The molecule has 0 aliphatic carbocycles. The van der Waals surface area contributed by atoms with Gasteiger partial charge >= 0.3 is 5.97 Å². The summed E-state index contributed by atoms with van der Waals surface area (Å²) in [5, 5.41) is 12.2. The molecule has 1 saturated heterocycles. The first-order valence-electron chi connectivity index (χ1n) is 5.77. The second kappa shape index (κ2) is 5.18. The maximum atomic E-state index is 11.1. The van der Waals surface area contributed by atoms with Gasteiger partial charge in [-0.1, -0.05) is 5.16 Å². The van der Waals surface area contributed by atoms with E-state index in [-0.39, 0.29) is 17.5 Å². The van der Waals surface area contributed by atoms with E-state index in [0.29, 0.717) is 18.8 Å². The van der Waals surface area contributed by atoms with Gasteiger partial charge in [0.2, 0.25) is 5.91 Å². The Kier molecular flexibility index (Phi) is 3.61. The molecule has 1 unspecified atom stereocenters. The summed E-state index contributed by atoms with van der Waals surface area (Å²) < 4.78 is 4.94. The number of aromatic nitrogens is 1. The summed E-state index contributed by atoms with van der Waals surface area (Å²) in [5.74, 6) is -1.06. The van der Waals surface area contributed by atoms with Crippen molar-refractivity contribution in [2.45, 2.75) is 19.4 Å². The minimum absolute atomic E-state index is 0.103. The van der Waals surface area contributed by atoms with Gasteiger partial charge in [-0.2, -0.15) is 0 Å². The van der Waals surface area contributed by atoms with Crippen molar-refractivity contribution >= 4 is 11.9 Å². The van der Waals surface area contributed by atoms with Crippen LogP contribution in [0.2, 0.25) is 0 Å². The highest BCUT2D eigenvalue weighted by Gasteiger charge is 2.25. The van der Waals surface area contributed by atoms with Gasteiger partial charge < -0.3 is 15.4 Å². The Bertz CT molecular complexity index is 457. The number of amides is 1. The topological polar surface area (TPSA) is 110 Å². The number of rotatable bonds is 4. The number of carboxylic acids is 1. The van der Waals surface area contributed by atoms with E-state index in [1.165, 1.54) is 6.07 Å². The molecule has 3 N–H and O–H groups in total. The van der Waals surface area contributed by atoms with Gasteiger partial charge in [-0.25, -0.2) is 4.79 Å². The Labute approximate surface area is 104 Å². The van der Waals surface area contributed by atoms with Gasteiger partial charge in [0.1, 0.15) is 0 Å². The van der Waals surface area contributed by atoms with Crippen LogP contribution in [-0.2, 0) is 11.3 Å². The van der Waals surface area contributed by atoms with E-state index in [9.17, 15) is 9.59 Å². The van der Waals surface area contributed by atoms with E-state index >= 15 is 0 Å². The number of nitrogens with zero attached hydrogens (tertiary/aromatic N) is 2. The van der Waals surface area contributed by atoms with E-state index in [1.54, 1.807) is 0 Å². The lowest BCUT2D eigenvalue weighted by Crippen LogP contribution is -2.40. The first kappa shape index (κ1) is 12.6. The van der Waals surface area contributed by atoms with Crippen LogP contribution in [0.3, 0.4) is 0 Å². The number of piperidine rings is 1. The Morgan fingerprint density at radius 2 is 2.39 bits per heavy atom. The Morgan fingerprint density at radius 1 is 1.61 bits per heavy atom. The molecule has 1 aliphatic heterocycles. The molecule has 0 spiro atoms. The van der Waals surface area contributed by atoms with Crippen molar-refractivity contribution in [1.82, 2.24) is 10.1 Å². The number of carboxylic acid groups (broad SMARTS) is 1. The fraction of sp³-hybridized carbons (Fsp3) is 0.545. The van der Waals surface area contributed by atoms with Crippen molar-refractivity contribution in [3.8, 4) is 0 Å². The van der Waals surface area contributed by atoms with E-state index in [1.807, 2.05) is 4.90 Å². The van der Waals surface area contributed by atoms with E-state index in [2.05, 4.69) is 5.16 Å². The second-order valence-corrected chi connectivity index (χ2v) is 4.46. The molecule has 0 bridgehead atoms. The maximum Gasteiger partial charge on any atom is 0.358 e. The Balaban J connectivity index is 1.96. The number of carbonyl (C=O) groups is 2. The van der Waals surface area contributed by atoms with Crippen molar-refractivity contribution in [3.05, 3.63) is 17.5 Å². The van der Waals surface area contributed by atoms with Gasteiger partial charge in [0.05, 0.1) is 12.5 Å². The SMILES string of the molecule is NC(=O)C1CCCN(Cc2cc(C(=O)O)no2)C1. The lowest BCUT2D eigenvalue weighted by molar-refractivity contribution is -0.123. The molecule has 98 valence electrons. The fourth-order valence-corrected chi connectivity index (χ4v) is 2.14. The quantitative estimate of drug-likeness (QED) is 0.785. The highest BCUT2D eigenvalue weighted by atomic mass is 16.5. The van der Waals surface area contributed by atoms with Crippen LogP contribution in [-0.4, -0.2) is 40.1 Å². The molecule has 18 heavy (non-hydrogen) atoms. The monoisotopic (exact) mass is 253 g/mol. The minimum Gasteiger partial charge on any atom is -0.476 e. The largest absolute Gasteiger partial charge is 0.476 e. The molecule has 2 heterocycles. The molecule has 0 aromatic carbocycles. The molecular weight excluding hydrogens is 238 g/mol. The molecular formula is C11H15N3O4. The Morgan fingerprint density at radius 3 is 3.00 bits per heavy atom. The number of aromatic carboxylic acids is 1. The fourth-order valence-electron chi connectivity index (χ4n) is 2.14. The van der Waals surface area contributed by atoms with Crippen molar-refractivity contribution < 1.29 is 19.2 Å². The molecule has 0 saturated carbocycles. The minimum atomic E-state index is -1.11. The molecule has 7 nitrogen and oxygen atoms in total. The third kappa shape index (κ3) is 2.86. The molecule has 1 aromatic rings. The summed E-state index contributed by atoms with van der Waals surface area (Å²) in [6.45, 7) is 1.87. The molecule has 1 aromatic heterocycles. The predicted octanol–water partition coefficient (Wildman–Crippen LogP) is 0.0701. The van der Waals surface area contributed by atoms with Gasteiger partial charge in [0.25, 0.3) is 0 Å². The van der Waals surface area contributed by atoms with Crippen molar-refractivity contribution in [1.29, 1.82) is 0 Å². The molecule has 2 rings (SSSR count). The highest BCUT2D eigenvalue weighted by Crippen LogP contribution is 2.18. The number of hydrogen-bond acceptors (Lipinski definition) is 5. The number of hydrogen-bond donors (Lipinski definition) is 2. The molecule has 1 aliphatic rings. The van der Waals surface area contributed by atoms with Crippen LogP contribution in [0.15, 0.2) is 10.6 Å². The third-order valence-electron chi connectivity index (χ3n) is 3.07. The number of carbonyl (C=O) groups excluding carboxylic acids is 1. The lowest BCUT2D eigenvalue weighted by Gasteiger charge is -2.30. The zero-order valence-electron chi connectivity index (χ0n) is 9.83. The van der Waals surface area contributed by atoms with Crippen LogP contribution >= 0.6 is 0 Å². The van der Waals surface area contributed by atoms with Crippen LogP contribution in [0.25, 0.3) is 0 Å². The molecule has 1 fully saturated rings. The summed E-state index contributed by atoms with van der Waals surface area (Å²) in [5.41, 5.74) is 5.18. The smallest absolute Gasteiger partial charge is 0.358 e. The predicted molar refractivity (Wildman–Crippen MR) is 60.7 cm³/mol. The lowest BCUT2D eigenvalue weighted by atomic mass is 9.97. The Hall–Kier alpha value is -1.89. The van der Waals surface area contributed by atoms with Gasteiger partial charge in [-0.15, -0.1) is 0 Å².